The summed E-state index contributed by atoms with van der Waals surface area (Å²) < 4.78 is 23.0. The Labute approximate surface area is 132 Å². The lowest BCUT2D eigenvalue weighted by Crippen LogP contribution is -2.17. The summed E-state index contributed by atoms with van der Waals surface area (Å²) in [5.41, 5.74) is 2.60. The van der Waals surface area contributed by atoms with E-state index in [-0.39, 0.29) is 23.3 Å². The van der Waals surface area contributed by atoms with Gasteiger partial charge < -0.3 is 10.2 Å². The van der Waals surface area contributed by atoms with E-state index < -0.39 is 6.85 Å². The lowest BCUT2D eigenvalue weighted by molar-refractivity contribution is 0.406. The Bertz CT molecular complexity index is 636. The second-order valence-electron chi connectivity index (χ2n) is 6.01. The van der Waals surface area contributed by atoms with Crippen LogP contribution in [0, 0.1) is 5.92 Å². The molecule has 0 aliphatic heterocycles. The van der Waals surface area contributed by atoms with Crippen molar-refractivity contribution in [1.29, 1.82) is 0 Å². The first kappa shape index (κ1) is 11.9. The number of aryl methyl sites for hydroxylation is 1. The van der Waals surface area contributed by atoms with E-state index in [0.717, 1.165) is 24.0 Å². The van der Waals surface area contributed by atoms with Crippen LogP contribution in [0.5, 0.6) is 11.5 Å². The molecule has 2 heteroatoms. The van der Waals surface area contributed by atoms with Gasteiger partial charge in [0.1, 0.15) is 11.5 Å². The van der Waals surface area contributed by atoms with Gasteiger partial charge in [-0.05, 0) is 56.7 Å². The molecule has 1 unspecified atom stereocenters. The van der Waals surface area contributed by atoms with Gasteiger partial charge in [-0.15, -0.1) is 0 Å². The van der Waals surface area contributed by atoms with Gasteiger partial charge in [0.2, 0.25) is 0 Å². The van der Waals surface area contributed by atoms with E-state index in [1.54, 1.807) is 18.2 Å². The van der Waals surface area contributed by atoms with Gasteiger partial charge in [-0.25, -0.2) is 0 Å². The van der Waals surface area contributed by atoms with Crippen molar-refractivity contribution >= 4 is 0 Å². The van der Waals surface area contributed by atoms with Gasteiger partial charge in [-0.3, -0.25) is 0 Å². The smallest absolute Gasteiger partial charge is 0.123 e. The summed E-state index contributed by atoms with van der Waals surface area (Å²) in [6, 6.07) is 3.34. The van der Waals surface area contributed by atoms with Crippen molar-refractivity contribution in [3.05, 3.63) is 47.1 Å². The average molecular weight is 289 g/mol. The molecule has 0 saturated carbocycles. The normalized spacial score (nSPS) is 24.7. The molecule has 0 heterocycles. The van der Waals surface area contributed by atoms with Gasteiger partial charge >= 0.3 is 0 Å². The molecule has 1 aromatic carbocycles. The molecule has 0 radical (unpaired) electrons. The van der Waals surface area contributed by atoms with Crippen LogP contribution in [0.15, 0.2) is 35.9 Å². The highest BCUT2D eigenvalue weighted by molar-refractivity contribution is 5.51. The van der Waals surface area contributed by atoms with Crippen LogP contribution in [0.1, 0.15) is 61.1 Å². The maximum absolute atomic E-state index is 10.5. The van der Waals surface area contributed by atoms with Crippen molar-refractivity contribution in [2.75, 3.05) is 0 Å². The fraction of sp³-hybridized carbons (Fsp3) is 0.474. The van der Waals surface area contributed by atoms with Crippen molar-refractivity contribution in [2.45, 2.75) is 52.3 Å². The van der Waals surface area contributed by atoms with Gasteiger partial charge in [-0.2, -0.15) is 0 Å². The van der Waals surface area contributed by atoms with E-state index in [2.05, 4.69) is 6.58 Å². The monoisotopic (exact) mass is 289 g/mol. The third-order valence-electron chi connectivity index (χ3n) is 4.24. The number of hydrogen-bond donors (Lipinski definition) is 2. The molecule has 0 fully saturated rings. The van der Waals surface area contributed by atoms with Gasteiger partial charge in [0.05, 0.1) is 0 Å². The Hall–Kier alpha value is -1.70. The highest BCUT2D eigenvalue weighted by Crippen LogP contribution is 2.46. The van der Waals surface area contributed by atoms with Gasteiger partial charge in [0.15, 0.2) is 0 Å². The van der Waals surface area contributed by atoms with E-state index >= 15 is 0 Å². The van der Waals surface area contributed by atoms with Crippen LogP contribution in [0.25, 0.3) is 0 Å². The molecular weight excluding hydrogens is 260 g/mol. The van der Waals surface area contributed by atoms with E-state index in [1.165, 1.54) is 0 Å². The molecule has 2 rings (SSSR count). The Balaban J connectivity index is 2.54. The zero-order valence-electron chi connectivity index (χ0n) is 15.8. The summed E-state index contributed by atoms with van der Waals surface area (Å²) >= 11 is 0. The molecule has 2 atom stereocenters. The maximum atomic E-state index is 10.5. The fourth-order valence-electron chi connectivity index (χ4n) is 3.20. The third kappa shape index (κ3) is 3.31. The Kier molecular flexibility index (Phi) is 3.62. The van der Waals surface area contributed by atoms with Gasteiger partial charge in [0.25, 0.3) is 0 Å². The van der Waals surface area contributed by atoms with Crippen molar-refractivity contribution in [3.8, 4) is 11.5 Å². The molecule has 2 nitrogen and oxygen atoms in total. The summed E-state index contributed by atoms with van der Waals surface area (Å²) in [6.45, 7) is 5.81. The maximum Gasteiger partial charge on any atom is 0.123 e. The number of benzene rings is 1. The minimum atomic E-state index is -2.15. The highest BCUT2D eigenvalue weighted by Gasteiger charge is 2.29. The molecule has 21 heavy (non-hydrogen) atoms. The van der Waals surface area contributed by atoms with Crippen molar-refractivity contribution < 1.29 is 14.3 Å². The van der Waals surface area contributed by atoms with E-state index in [9.17, 15) is 10.2 Å². The summed E-state index contributed by atoms with van der Waals surface area (Å²) in [5, 5.41) is 21.0. The zero-order chi connectivity index (χ0) is 18.1. The molecule has 1 aliphatic rings. The number of phenols is 2. The second kappa shape index (κ2) is 6.38. The van der Waals surface area contributed by atoms with Crippen LogP contribution in [0.3, 0.4) is 0 Å². The van der Waals surface area contributed by atoms with Crippen molar-refractivity contribution in [3.63, 3.8) is 0 Å². The standard InChI is InChI=1S/C19H26O2/c1-5-6-14-10-17(20)19(18(21)11-14)16-9-13(4)7-8-15(16)12(2)3/h9-11,15-16,20-21H,2,5-8H2,1,3-4H3/t15?,16-/m0/s1/i4D3. The van der Waals surface area contributed by atoms with Crippen LogP contribution in [0.4, 0.5) is 0 Å². The highest BCUT2D eigenvalue weighted by atomic mass is 16.3. The molecule has 1 aromatic rings. The summed E-state index contributed by atoms with van der Waals surface area (Å²) in [6.07, 6.45) is 4.52. The first-order chi connectivity index (χ1) is 11.1. The average Bonchev–Trinajstić information content (AvgIpc) is 2.45. The van der Waals surface area contributed by atoms with Gasteiger partial charge in [-0.1, -0.05) is 37.1 Å². The predicted octanol–water partition coefficient (Wildman–Crippen LogP) is 5.07. The summed E-state index contributed by atoms with van der Waals surface area (Å²) in [5.74, 6) is -0.317. The molecule has 2 N–H and O–H groups in total. The summed E-state index contributed by atoms with van der Waals surface area (Å²) in [4.78, 5) is 0. The van der Waals surface area contributed by atoms with Crippen molar-refractivity contribution in [2.24, 2.45) is 5.92 Å². The van der Waals surface area contributed by atoms with Crippen LogP contribution >= 0.6 is 0 Å². The Morgan fingerprint density at radius 3 is 2.57 bits per heavy atom. The van der Waals surface area contributed by atoms with Crippen molar-refractivity contribution in [1.82, 2.24) is 0 Å². The topological polar surface area (TPSA) is 40.5 Å². The second-order valence-corrected chi connectivity index (χ2v) is 6.01. The first-order valence-corrected chi connectivity index (χ1v) is 7.56. The van der Waals surface area contributed by atoms with E-state index in [1.807, 2.05) is 13.8 Å². The quantitative estimate of drug-likeness (QED) is 0.760. The fourth-order valence-corrected chi connectivity index (χ4v) is 3.20. The number of rotatable bonds is 4. The zero-order valence-corrected chi connectivity index (χ0v) is 12.8. The molecule has 0 aromatic heterocycles. The van der Waals surface area contributed by atoms with E-state index in [4.69, 9.17) is 4.11 Å². The number of allylic oxidation sites excluding steroid dienone is 3. The number of hydrogen-bond acceptors (Lipinski definition) is 2. The Morgan fingerprint density at radius 2 is 2.05 bits per heavy atom. The molecule has 1 aliphatic carbocycles. The SMILES string of the molecule is [2H]C([2H])([2H])C1=C[C@H](c2c(O)cc(CCC)cc2O)C(C(=C)C)CC1. The minimum absolute atomic E-state index is 0.00456. The van der Waals surface area contributed by atoms with E-state index in [0.29, 0.717) is 24.0 Å². The largest absolute Gasteiger partial charge is 0.507 e. The van der Waals surface area contributed by atoms with Gasteiger partial charge in [0, 0.05) is 15.6 Å². The van der Waals surface area contributed by atoms with Crippen LogP contribution in [0.2, 0.25) is 0 Å². The molecule has 0 saturated heterocycles. The molecule has 0 amide bonds. The number of phenolic OH excluding ortho intramolecular Hbond substituents is 2. The molecule has 0 bridgehead atoms. The predicted molar refractivity (Wildman–Crippen MR) is 87.8 cm³/mol. The first-order valence-electron chi connectivity index (χ1n) is 9.06. The molecule has 114 valence electrons. The van der Waals surface area contributed by atoms with Crippen LogP contribution in [-0.4, -0.2) is 10.2 Å². The van der Waals surface area contributed by atoms with Crippen LogP contribution < -0.4 is 0 Å². The molecular formula is C19H26O2. The minimum Gasteiger partial charge on any atom is -0.507 e. The number of aromatic hydroxyl groups is 2. The molecule has 0 spiro atoms. The summed E-state index contributed by atoms with van der Waals surface area (Å²) in [7, 11) is 0. The van der Waals surface area contributed by atoms with Crippen LogP contribution in [-0.2, 0) is 6.42 Å². The Morgan fingerprint density at radius 1 is 1.38 bits per heavy atom. The third-order valence-corrected chi connectivity index (χ3v) is 4.24. The lowest BCUT2D eigenvalue weighted by Gasteiger charge is -2.31. The lowest BCUT2D eigenvalue weighted by atomic mass is 9.73.